The molecule has 7 heavy (non-hydrogen) atoms. The zero-order chi connectivity index (χ0) is 4.99. The predicted molar refractivity (Wildman–Crippen MR) is 35.1 cm³/mol. The molecule has 0 rings (SSSR count). The molecule has 0 heterocycles. The molecule has 0 atom stereocenters. The van der Waals surface area contributed by atoms with Gasteiger partial charge in [0.2, 0.25) is 0 Å². The molecule has 0 aliphatic heterocycles. The molecule has 0 fully saturated rings. The fraction of sp³-hybridized carbons (Fsp3) is 0.667. The normalized spacial score (nSPS) is 6.57. The summed E-state index contributed by atoms with van der Waals surface area (Å²) in [4.78, 5) is 10.0. The van der Waals surface area contributed by atoms with Crippen LogP contribution in [0.5, 0.6) is 0 Å². The van der Waals surface area contributed by atoms with Gasteiger partial charge < -0.3 is 5.32 Å². The third-order valence-electron chi connectivity index (χ3n) is 0.390. The van der Waals surface area contributed by atoms with Crippen molar-refractivity contribution in [2.45, 2.75) is 0 Å². The number of nitrogens with one attached hydrogen (secondary N) is 1. The van der Waals surface area contributed by atoms with Crippen molar-refractivity contribution < 1.29 is 4.79 Å². The summed E-state index contributed by atoms with van der Waals surface area (Å²) in [6, 6.07) is 0. The van der Waals surface area contributed by atoms with E-state index >= 15 is 0 Å². The van der Waals surface area contributed by atoms with Gasteiger partial charge in [-0.15, -0.1) is 0 Å². The van der Waals surface area contributed by atoms with Crippen LogP contribution in [0.25, 0.3) is 0 Å². The molecule has 0 aliphatic rings. The third-order valence-corrected chi connectivity index (χ3v) is 0.964. The Bertz CT molecular complexity index is 52.9. The van der Waals surface area contributed by atoms with Crippen LogP contribution in [-0.4, -0.2) is 48.1 Å². The van der Waals surface area contributed by atoms with Gasteiger partial charge in [0.25, 0.3) is 5.24 Å². The molecule has 0 radical (unpaired) electrons. The van der Waals surface area contributed by atoms with Crippen molar-refractivity contribution >= 4 is 46.6 Å². The molecule has 0 aliphatic carbocycles. The first kappa shape index (κ1) is 10.7. The van der Waals surface area contributed by atoms with Crippen LogP contribution in [0, 0.1) is 0 Å². The quantitative estimate of drug-likeness (QED) is 0.468. The van der Waals surface area contributed by atoms with E-state index in [2.05, 4.69) is 5.32 Å². The number of rotatable bonds is 0. The monoisotopic (exact) mass is 129 g/mol. The SMILES string of the molecule is CNC(=O)SC.[NaH]. The molecular formula is C3H8NNaOS. The maximum absolute atomic E-state index is 10.0. The Balaban J connectivity index is 0. The fourth-order valence-corrected chi connectivity index (χ4v) is 0.306. The van der Waals surface area contributed by atoms with Gasteiger partial charge in [0, 0.05) is 7.05 Å². The van der Waals surface area contributed by atoms with Crippen LogP contribution in [0.15, 0.2) is 0 Å². The van der Waals surface area contributed by atoms with Crippen molar-refractivity contribution in [2.75, 3.05) is 13.3 Å². The van der Waals surface area contributed by atoms with E-state index in [1.165, 1.54) is 11.8 Å². The van der Waals surface area contributed by atoms with Gasteiger partial charge in [0.1, 0.15) is 0 Å². The Morgan fingerprint density at radius 3 is 2.14 bits per heavy atom. The maximum atomic E-state index is 10.0. The summed E-state index contributed by atoms with van der Waals surface area (Å²) in [6.07, 6.45) is 1.73. The van der Waals surface area contributed by atoms with Crippen LogP contribution >= 0.6 is 11.8 Å². The molecular weight excluding hydrogens is 121 g/mol. The average molecular weight is 129 g/mol. The molecule has 0 aromatic rings. The zero-order valence-electron chi connectivity index (χ0n) is 3.82. The molecule has 4 heteroatoms. The van der Waals surface area contributed by atoms with E-state index in [-0.39, 0.29) is 34.8 Å². The van der Waals surface area contributed by atoms with E-state index < -0.39 is 0 Å². The Hall–Kier alpha value is 0.820. The summed E-state index contributed by atoms with van der Waals surface area (Å²) in [6.45, 7) is 0. The molecule has 0 aromatic carbocycles. The van der Waals surface area contributed by atoms with E-state index in [0.717, 1.165) is 0 Å². The predicted octanol–water partition coefficient (Wildman–Crippen LogP) is 0.0403. The molecule has 0 saturated heterocycles. The van der Waals surface area contributed by atoms with Gasteiger partial charge in [-0.3, -0.25) is 4.79 Å². The van der Waals surface area contributed by atoms with Gasteiger partial charge in [-0.25, -0.2) is 0 Å². The Kier molecular flexibility index (Phi) is 10.5. The standard InChI is InChI=1S/C3H7NOS.Na.H/c1-4-3(5)6-2;;/h1-2H3,(H,4,5);;. The average Bonchev–Trinajstić information content (AvgIpc) is 1.65. The van der Waals surface area contributed by atoms with Crippen molar-refractivity contribution in [1.82, 2.24) is 5.32 Å². The number of hydrogen-bond donors (Lipinski definition) is 1. The fourth-order valence-electron chi connectivity index (χ4n) is 0.102. The second kappa shape index (κ2) is 6.82. The summed E-state index contributed by atoms with van der Waals surface area (Å²) >= 11 is 1.17. The molecule has 1 amide bonds. The van der Waals surface area contributed by atoms with Crippen molar-refractivity contribution in [3.63, 3.8) is 0 Å². The summed E-state index contributed by atoms with van der Waals surface area (Å²) < 4.78 is 0. The van der Waals surface area contributed by atoms with Gasteiger partial charge in [-0.2, -0.15) is 0 Å². The molecule has 0 bridgehead atoms. The first-order valence-electron chi connectivity index (χ1n) is 1.57. The van der Waals surface area contributed by atoms with Crippen LogP contribution in [0.4, 0.5) is 4.79 Å². The molecule has 2 nitrogen and oxygen atoms in total. The van der Waals surface area contributed by atoms with E-state index in [9.17, 15) is 4.79 Å². The zero-order valence-corrected chi connectivity index (χ0v) is 4.63. The summed E-state index contributed by atoms with van der Waals surface area (Å²) in [7, 11) is 1.61. The molecule has 0 saturated carbocycles. The number of hydrogen-bond acceptors (Lipinski definition) is 2. The molecule has 1 N–H and O–H groups in total. The molecule has 0 unspecified atom stereocenters. The summed E-state index contributed by atoms with van der Waals surface area (Å²) in [5, 5.41) is 2.45. The van der Waals surface area contributed by atoms with Crippen molar-refractivity contribution in [3.05, 3.63) is 0 Å². The van der Waals surface area contributed by atoms with Gasteiger partial charge >= 0.3 is 29.6 Å². The van der Waals surface area contributed by atoms with Gasteiger partial charge in [-0.1, -0.05) is 11.8 Å². The van der Waals surface area contributed by atoms with Gasteiger partial charge in [0.15, 0.2) is 0 Å². The third kappa shape index (κ3) is 6.82. The topological polar surface area (TPSA) is 29.1 Å². The van der Waals surface area contributed by atoms with E-state index in [1.54, 1.807) is 13.3 Å². The van der Waals surface area contributed by atoms with Gasteiger partial charge in [0.05, 0.1) is 0 Å². The van der Waals surface area contributed by atoms with Crippen LogP contribution in [0.2, 0.25) is 0 Å². The van der Waals surface area contributed by atoms with E-state index in [1.807, 2.05) is 0 Å². The van der Waals surface area contributed by atoms with Crippen LogP contribution in [0.1, 0.15) is 0 Å². The number of carbonyl (C=O) groups is 1. The van der Waals surface area contributed by atoms with Gasteiger partial charge in [-0.05, 0) is 6.26 Å². The molecule has 0 spiro atoms. The summed E-state index contributed by atoms with van der Waals surface area (Å²) in [5.74, 6) is 0. The van der Waals surface area contributed by atoms with Crippen molar-refractivity contribution in [2.24, 2.45) is 0 Å². The van der Waals surface area contributed by atoms with Crippen molar-refractivity contribution in [3.8, 4) is 0 Å². The minimum absolute atomic E-state index is 0. The summed E-state index contributed by atoms with van der Waals surface area (Å²) in [5.41, 5.74) is 0. The first-order valence-corrected chi connectivity index (χ1v) is 2.79. The molecule has 0 aromatic heterocycles. The Morgan fingerprint density at radius 1 is 1.71 bits per heavy atom. The number of carbonyl (C=O) groups excluding carboxylic acids is 1. The second-order valence-corrected chi connectivity index (χ2v) is 1.52. The second-order valence-electron chi connectivity index (χ2n) is 0.742. The van der Waals surface area contributed by atoms with Crippen LogP contribution < -0.4 is 5.32 Å². The Labute approximate surface area is 69.7 Å². The van der Waals surface area contributed by atoms with Crippen molar-refractivity contribution in [1.29, 1.82) is 0 Å². The number of thioether (sulfide) groups is 1. The van der Waals surface area contributed by atoms with E-state index in [0.29, 0.717) is 0 Å². The Morgan fingerprint density at radius 2 is 2.14 bits per heavy atom. The number of amides is 1. The molecule has 38 valence electrons. The first-order chi connectivity index (χ1) is 2.81. The van der Waals surface area contributed by atoms with E-state index in [4.69, 9.17) is 0 Å². The minimum atomic E-state index is 0. The van der Waals surface area contributed by atoms with Crippen LogP contribution in [0.3, 0.4) is 0 Å². The van der Waals surface area contributed by atoms with Crippen LogP contribution in [-0.2, 0) is 0 Å².